The van der Waals surface area contributed by atoms with Crippen molar-refractivity contribution in [2.45, 2.75) is 123 Å². The van der Waals surface area contributed by atoms with Gasteiger partial charge in [0.2, 0.25) is 0 Å². The highest BCUT2D eigenvalue weighted by Gasteiger charge is 2.54. The lowest BCUT2D eigenvalue weighted by Crippen LogP contribution is -2.72. The molecular formula is C31H58O4Si5. The normalized spacial score (nSPS) is 14.8. The van der Waals surface area contributed by atoms with E-state index in [1.54, 1.807) is 0 Å². The maximum Gasteiger partial charge on any atom is 0.389 e. The van der Waals surface area contributed by atoms with Crippen LogP contribution in [0.3, 0.4) is 0 Å². The molecule has 0 saturated heterocycles. The number of benzene rings is 2. The van der Waals surface area contributed by atoms with Gasteiger partial charge in [0.15, 0.2) is 16.6 Å². The van der Waals surface area contributed by atoms with Crippen LogP contribution in [0.25, 0.3) is 0 Å². The second-order valence-corrected chi connectivity index (χ2v) is 33.4. The minimum absolute atomic E-state index is 0.987. The largest absolute Gasteiger partial charge is 0.437 e. The van der Waals surface area contributed by atoms with Gasteiger partial charge in [-0.3, -0.25) is 0 Å². The van der Waals surface area contributed by atoms with E-state index in [-0.39, 0.29) is 0 Å². The fourth-order valence-corrected chi connectivity index (χ4v) is 28.6. The first-order chi connectivity index (χ1) is 18.6. The molecule has 0 N–H and O–H groups in total. The lowest BCUT2D eigenvalue weighted by atomic mass is 10.1. The van der Waals surface area contributed by atoms with E-state index in [0.29, 0.717) is 0 Å². The van der Waals surface area contributed by atoms with Crippen molar-refractivity contribution in [2.75, 3.05) is 0 Å². The summed E-state index contributed by atoms with van der Waals surface area (Å²) in [4.78, 5) is 0. The first-order valence-corrected chi connectivity index (χ1v) is 29.5. The minimum atomic E-state index is -3.19. The fourth-order valence-electron chi connectivity index (χ4n) is 5.50. The summed E-state index contributed by atoms with van der Waals surface area (Å²) >= 11 is 0. The van der Waals surface area contributed by atoms with Crippen LogP contribution >= 0.6 is 0 Å². The molecule has 4 nitrogen and oxygen atoms in total. The Morgan fingerprint density at radius 1 is 0.475 bits per heavy atom. The van der Waals surface area contributed by atoms with Crippen LogP contribution in [0.15, 0.2) is 60.7 Å². The molecule has 2 aromatic rings. The van der Waals surface area contributed by atoms with Gasteiger partial charge in [-0.05, 0) is 75.3 Å². The van der Waals surface area contributed by atoms with Gasteiger partial charge < -0.3 is 16.5 Å². The second kappa shape index (κ2) is 15.7. The molecule has 0 aliphatic carbocycles. The highest BCUT2D eigenvalue weighted by molar-refractivity contribution is 7.02. The molecule has 0 fully saturated rings. The van der Waals surface area contributed by atoms with E-state index < -0.39 is 42.3 Å². The van der Waals surface area contributed by atoms with Gasteiger partial charge in [-0.15, -0.1) is 0 Å². The highest BCUT2D eigenvalue weighted by atomic mass is 28.5. The molecule has 9 heteroatoms. The molecule has 0 spiro atoms. The van der Waals surface area contributed by atoms with Crippen LogP contribution in [0.5, 0.6) is 0 Å². The summed E-state index contributed by atoms with van der Waals surface area (Å²) in [7, 11) is -12.2. The van der Waals surface area contributed by atoms with Gasteiger partial charge in [-0.2, -0.15) is 0 Å². The molecule has 0 heterocycles. The van der Waals surface area contributed by atoms with Crippen LogP contribution in [-0.4, -0.2) is 42.3 Å². The lowest BCUT2D eigenvalue weighted by Gasteiger charge is -2.45. The quantitative estimate of drug-likeness (QED) is 0.114. The third kappa shape index (κ3) is 12.7. The molecule has 226 valence electrons. The summed E-state index contributed by atoms with van der Waals surface area (Å²) in [5.41, 5.74) is 0. The molecule has 0 aromatic heterocycles. The zero-order valence-corrected chi connectivity index (χ0v) is 32.3. The van der Waals surface area contributed by atoms with Crippen molar-refractivity contribution >= 4 is 52.7 Å². The summed E-state index contributed by atoms with van der Waals surface area (Å²) in [6.45, 7) is 22.6. The van der Waals surface area contributed by atoms with Gasteiger partial charge in [-0.1, -0.05) is 119 Å². The van der Waals surface area contributed by atoms with E-state index in [9.17, 15) is 0 Å². The summed E-state index contributed by atoms with van der Waals surface area (Å²) < 4.78 is 28.9. The van der Waals surface area contributed by atoms with Crippen LogP contribution in [-0.2, 0) is 16.5 Å². The first-order valence-electron chi connectivity index (χ1n) is 15.5. The van der Waals surface area contributed by atoms with Crippen LogP contribution < -0.4 is 10.4 Å². The van der Waals surface area contributed by atoms with Gasteiger partial charge in [0.05, 0.1) is 0 Å². The predicted octanol–water partition coefficient (Wildman–Crippen LogP) is 8.89. The Kier molecular flexibility index (Phi) is 14.0. The summed E-state index contributed by atoms with van der Waals surface area (Å²) in [5, 5.41) is 2.27. The SMILES string of the molecule is CCCCCCCCCC[Si](C)(O[Si](C)(C)C)O[Si](O[Si](C)(C)O[Si](C)(C)C)(c1ccccc1)c1ccccc1. The smallest absolute Gasteiger partial charge is 0.389 e. The molecule has 1 unspecified atom stereocenters. The molecule has 2 rings (SSSR count). The van der Waals surface area contributed by atoms with Gasteiger partial charge in [0.25, 0.3) is 0 Å². The summed E-state index contributed by atoms with van der Waals surface area (Å²) in [6.07, 6.45) is 10.4. The predicted molar refractivity (Wildman–Crippen MR) is 185 cm³/mol. The molecule has 0 amide bonds. The molecule has 0 aliphatic heterocycles. The zero-order valence-electron chi connectivity index (χ0n) is 27.3. The monoisotopic (exact) mass is 634 g/mol. The second-order valence-electron chi connectivity index (χ2n) is 13.7. The van der Waals surface area contributed by atoms with Crippen LogP contribution in [0, 0.1) is 0 Å². The van der Waals surface area contributed by atoms with E-state index in [0.717, 1.165) is 22.8 Å². The van der Waals surface area contributed by atoms with Crippen molar-refractivity contribution in [1.29, 1.82) is 0 Å². The molecular weight excluding hydrogens is 577 g/mol. The van der Waals surface area contributed by atoms with Crippen molar-refractivity contribution in [3.05, 3.63) is 60.7 Å². The van der Waals surface area contributed by atoms with Crippen molar-refractivity contribution in [3.63, 3.8) is 0 Å². The van der Waals surface area contributed by atoms with Crippen molar-refractivity contribution < 1.29 is 16.5 Å². The average molecular weight is 635 g/mol. The Morgan fingerprint density at radius 3 is 1.32 bits per heavy atom. The lowest BCUT2D eigenvalue weighted by molar-refractivity contribution is 0.305. The van der Waals surface area contributed by atoms with Crippen molar-refractivity contribution in [2.24, 2.45) is 0 Å². The van der Waals surface area contributed by atoms with Gasteiger partial charge in [-0.25, -0.2) is 0 Å². The Morgan fingerprint density at radius 2 is 0.900 bits per heavy atom. The van der Waals surface area contributed by atoms with Gasteiger partial charge in [0.1, 0.15) is 0 Å². The van der Waals surface area contributed by atoms with E-state index in [2.05, 4.69) is 127 Å². The topological polar surface area (TPSA) is 36.9 Å². The molecule has 40 heavy (non-hydrogen) atoms. The molecule has 0 aliphatic rings. The van der Waals surface area contributed by atoms with E-state index in [1.165, 1.54) is 44.9 Å². The third-order valence-corrected chi connectivity index (χ3v) is 24.6. The highest BCUT2D eigenvalue weighted by Crippen LogP contribution is 2.30. The number of hydrogen-bond donors (Lipinski definition) is 0. The Bertz CT molecular complexity index is 937. The molecule has 0 saturated carbocycles. The average Bonchev–Trinajstić information content (AvgIpc) is 2.83. The third-order valence-electron chi connectivity index (χ3n) is 6.62. The summed E-state index contributed by atoms with van der Waals surface area (Å²) in [6, 6.07) is 22.3. The van der Waals surface area contributed by atoms with Crippen LogP contribution in [0.4, 0.5) is 0 Å². The van der Waals surface area contributed by atoms with Gasteiger partial charge in [0, 0.05) is 0 Å². The van der Waals surface area contributed by atoms with Crippen molar-refractivity contribution in [1.82, 2.24) is 0 Å². The maximum absolute atomic E-state index is 7.62. The van der Waals surface area contributed by atoms with Crippen molar-refractivity contribution in [3.8, 4) is 0 Å². The number of rotatable bonds is 19. The molecule has 1 atom stereocenters. The summed E-state index contributed by atoms with van der Waals surface area (Å²) in [5.74, 6) is 0. The first kappa shape index (κ1) is 35.6. The minimum Gasteiger partial charge on any atom is -0.437 e. The standard InChI is InChI=1S/C31H58O4Si5/c1-11-12-13-14-15-16-17-24-29-39(10,33-37(5,6)7)35-40(30-25-20-18-21-26-30,31-27-22-19-23-28-31)34-38(8,9)32-36(2,3)4/h18-23,25-28H,11-17,24,29H2,1-10H3. The Labute approximate surface area is 252 Å². The Balaban J connectivity index is 2.50. The number of hydrogen-bond acceptors (Lipinski definition) is 4. The Hall–Kier alpha value is -0.636. The van der Waals surface area contributed by atoms with E-state index >= 15 is 0 Å². The zero-order chi connectivity index (χ0) is 29.9. The van der Waals surface area contributed by atoms with E-state index in [1.807, 2.05) is 0 Å². The van der Waals surface area contributed by atoms with Crippen LogP contribution in [0.2, 0.25) is 65.0 Å². The number of unbranched alkanes of at least 4 members (excludes halogenated alkanes) is 7. The fraction of sp³-hybridized carbons (Fsp3) is 0.613. The molecule has 2 aromatic carbocycles. The maximum atomic E-state index is 7.62. The molecule has 0 bridgehead atoms. The van der Waals surface area contributed by atoms with Gasteiger partial charge >= 0.3 is 25.7 Å². The molecule has 0 radical (unpaired) electrons. The van der Waals surface area contributed by atoms with Crippen LogP contribution in [0.1, 0.15) is 58.3 Å². The van der Waals surface area contributed by atoms with E-state index in [4.69, 9.17) is 16.5 Å².